The molecule has 1 N–H and O–H groups in total. The topological polar surface area (TPSA) is 86.2 Å². The van der Waals surface area contributed by atoms with Gasteiger partial charge in [-0.15, -0.1) is 12.4 Å². The summed E-state index contributed by atoms with van der Waals surface area (Å²) in [6, 6.07) is 4.05. The van der Waals surface area contributed by atoms with Crippen molar-refractivity contribution in [2.24, 2.45) is 0 Å². The van der Waals surface area contributed by atoms with Crippen LogP contribution in [0.2, 0.25) is 0 Å². The average Bonchev–Trinajstić information content (AvgIpc) is 2.67. The van der Waals surface area contributed by atoms with E-state index in [1.807, 2.05) is 21.9 Å². The van der Waals surface area contributed by atoms with E-state index in [1.165, 1.54) is 0 Å². The number of piperazine rings is 1. The van der Waals surface area contributed by atoms with Gasteiger partial charge in [0.2, 0.25) is 0 Å². The highest BCUT2D eigenvalue weighted by atomic mass is 35.5. The summed E-state index contributed by atoms with van der Waals surface area (Å²) in [5, 5.41) is 8.65. The molecule has 2 fully saturated rings. The zero-order valence-electron chi connectivity index (χ0n) is 14.6. The molecule has 0 aromatic carbocycles. The predicted molar refractivity (Wildman–Crippen MR) is 98.8 cm³/mol. The van der Waals surface area contributed by atoms with E-state index in [-0.39, 0.29) is 31.1 Å². The minimum absolute atomic E-state index is 0. The highest BCUT2D eigenvalue weighted by Crippen LogP contribution is 2.18. The number of pyridine rings is 1. The van der Waals surface area contributed by atoms with Gasteiger partial charge in [-0.2, -0.15) is 0 Å². The maximum atomic E-state index is 12.7. The number of amides is 2. The molecule has 2 aliphatic heterocycles. The maximum absolute atomic E-state index is 12.7. The summed E-state index contributed by atoms with van der Waals surface area (Å²) in [6.45, 7) is 4.01. The smallest absolute Gasteiger partial charge is 0.329 e. The number of anilines is 1. The first kappa shape index (κ1) is 20.3. The molecule has 1 aromatic rings. The largest absolute Gasteiger partial charge is 0.480 e. The molecule has 9 heteroatoms. The van der Waals surface area contributed by atoms with Gasteiger partial charge in [0.15, 0.2) is 0 Å². The minimum atomic E-state index is -0.953. The molecule has 2 saturated heterocycles. The molecule has 0 spiro atoms. The first-order valence-electron chi connectivity index (χ1n) is 8.65. The molecule has 0 aliphatic carbocycles. The Kier molecular flexibility index (Phi) is 7.47. The molecule has 144 valence electrons. The highest BCUT2D eigenvalue weighted by molar-refractivity contribution is 5.85. The fourth-order valence-electron chi connectivity index (χ4n) is 3.31. The van der Waals surface area contributed by atoms with Gasteiger partial charge in [-0.25, -0.2) is 9.59 Å². The number of urea groups is 1. The average molecular weight is 385 g/mol. The number of ether oxygens (including phenoxy) is 1. The van der Waals surface area contributed by atoms with Crippen LogP contribution in [-0.4, -0.2) is 83.9 Å². The van der Waals surface area contributed by atoms with Crippen molar-refractivity contribution in [2.45, 2.75) is 18.9 Å². The van der Waals surface area contributed by atoms with Gasteiger partial charge < -0.3 is 24.5 Å². The number of carbonyl (C=O) groups excluding carboxylic acids is 1. The summed E-state index contributed by atoms with van der Waals surface area (Å²) < 4.78 is 5.32. The van der Waals surface area contributed by atoms with Gasteiger partial charge in [-0.1, -0.05) is 0 Å². The number of piperidine rings is 1. The monoisotopic (exact) mass is 384 g/mol. The van der Waals surface area contributed by atoms with Crippen LogP contribution in [0.1, 0.15) is 12.8 Å². The van der Waals surface area contributed by atoms with Gasteiger partial charge >= 0.3 is 12.0 Å². The Labute approximate surface area is 159 Å². The van der Waals surface area contributed by atoms with Crippen molar-refractivity contribution >= 4 is 30.1 Å². The zero-order chi connectivity index (χ0) is 17.6. The lowest BCUT2D eigenvalue weighted by Gasteiger charge is -2.40. The van der Waals surface area contributed by atoms with Crippen molar-refractivity contribution in [1.82, 2.24) is 14.8 Å². The Morgan fingerprint density at radius 3 is 2.19 bits per heavy atom. The van der Waals surface area contributed by atoms with E-state index in [9.17, 15) is 9.59 Å². The second kappa shape index (κ2) is 9.59. The molecule has 2 aliphatic rings. The fraction of sp³-hybridized carbons (Fsp3) is 0.588. The van der Waals surface area contributed by atoms with Crippen molar-refractivity contribution in [3.63, 3.8) is 0 Å². The number of carbonyl (C=O) groups is 2. The van der Waals surface area contributed by atoms with Crippen LogP contribution >= 0.6 is 12.4 Å². The number of aromatic nitrogens is 1. The normalized spacial score (nSPS) is 18.4. The van der Waals surface area contributed by atoms with Gasteiger partial charge in [-0.05, 0) is 25.0 Å². The second-order valence-corrected chi connectivity index (χ2v) is 6.35. The van der Waals surface area contributed by atoms with Crippen LogP contribution in [0.4, 0.5) is 10.5 Å². The van der Waals surface area contributed by atoms with E-state index in [0.29, 0.717) is 39.0 Å². The molecule has 0 radical (unpaired) electrons. The minimum Gasteiger partial charge on any atom is -0.480 e. The SMILES string of the molecule is Cl.O=C(O)COC1CCN(C(=O)N2CCN(c3ccncc3)CC2)CC1. The molecule has 0 bridgehead atoms. The lowest BCUT2D eigenvalue weighted by atomic mass is 10.1. The third-order valence-electron chi connectivity index (χ3n) is 4.73. The molecule has 26 heavy (non-hydrogen) atoms. The predicted octanol–water partition coefficient (Wildman–Crippen LogP) is 1.31. The molecule has 8 nitrogen and oxygen atoms in total. The number of hydrogen-bond donors (Lipinski definition) is 1. The van der Waals surface area contributed by atoms with Gasteiger partial charge in [0.25, 0.3) is 0 Å². The molecule has 3 rings (SSSR count). The van der Waals surface area contributed by atoms with Crippen molar-refractivity contribution in [3.8, 4) is 0 Å². The lowest BCUT2D eigenvalue weighted by molar-refractivity contribution is -0.145. The molecule has 2 amide bonds. The van der Waals surface area contributed by atoms with Crippen LogP contribution in [0, 0.1) is 0 Å². The van der Waals surface area contributed by atoms with Crippen LogP contribution in [0.3, 0.4) is 0 Å². The molecule has 0 saturated carbocycles. The molecule has 0 atom stereocenters. The van der Waals surface area contributed by atoms with Gasteiger partial charge in [-0.3, -0.25) is 4.98 Å². The fourth-order valence-corrected chi connectivity index (χ4v) is 3.31. The van der Waals surface area contributed by atoms with Crippen molar-refractivity contribution in [1.29, 1.82) is 0 Å². The standard InChI is InChI=1S/C17H24N4O4.ClH/c22-16(23)13-25-15-3-7-20(8-4-15)17(24)21-11-9-19(10-12-21)14-1-5-18-6-2-14;/h1-2,5-6,15H,3-4,7-13H2,(H,22,23);1H. The summed E-state index contributed by atoms with van der Waals surface area (Å²) in [4.78, 5) is 33.2. The Morgan fingerprint density at radius 1 is 1.04 bits per heavy atom. The van der Waals surface area contributed by atoms with E-state index in [2.05, 4.69) is 9.88 Å². The first-order chi connectivity index (χ1) is 12.1. The number of nitrogens with zero attached hydrogens (tertiary/aromatic N) is 4. The number of likely N-dealkylation sites (tertiary alicyclic amines) is 1. The van der Waals surface area contributed by atoms with Crippen LogP contribution in [0.25, 0.3) is 0 Å². The summed E-state index contributed by atoms with van der Waals surface area (Å²) in [5.41, 5.74) is 1.14. The molecule has 1 aromatic heterocycles. The number of rotatable bonds is 4. The van der Waals surface area contributed by atoms with Crippen LogP contribution in [0.15, 0.2) is 24.5 Å². The summed E-state index contributed by atoms with van der Waals surface area (Å²) in [5.74, 6) is -0.953. The summed E-state index contributed by atoms with van der Waals surface area (Å²) in [7, 11) is 0. The number of carboxylic acid groups (broad SMARTS) is 1. The van der Waals surface area contributed by atoms with Crippen LogP contribution in [0.5, 0.6) is 0 Å². The van der Waals surface area contributed by atoms with Gasteiger partial charge in [0, 0.05) is 57.3 Å². The Bertz CT molecular complexity index is 588. The number of hydrogen-bond acceptors (Lipinski definition) is 5. The van der Waals surface area contributed by atoms with E-state index >= 15 is 0 Å². The van der Waals surface area contributed by atoms with E-state index in [0.717, 1.165) is 18.8 Å². The van der Waals surface area contributed by atoms with Gasteiger partial charge in [0.05, 0.1) is 6.10 Å². The molecule has 3 heterocycles. The van der Waals surface area contributed by atoms with E-state index < -0.39 is 5.97 Å². The lowest BCUT2D eigenvalue weighted by Crippen LogP contribution is -2.54. The number of halogens is 1. The third kappa shape index (κ3) is 5.22. The molecular weight excluding hydrogens is 360 g/mol. The highest BCUT2D eigenvalue weighted by Gasteiger charge is 2.29. The van der Waals surface area contributed by atoms with Crippen LogP contribution in [-0.2, 0) is 9.53 Å². The molecular formula is C17H25ClN4O4. The number of aliphatic carboxylic acids is 1. The summed E-state index contributed by atoms with van der Waals surface area (Å²) in [6.07, 6.45) is 4.88. The third-order valence-corrected chi connectivity index (χ3v) is 4.73. The van der Waals surface area contributed by atoms with E-state index in [4.69, 9.17) is 9.84 Å². The van der Waals surface area contributed by atoms with Gasteiger partial charge in [0.1, 0.15) is 6.61 Å². The van der Waals surface area contributed by atoms with Crippen molar-refractivity contribution in [2.75, 3.05) is 50.8 Å². The van der Waals surface area contributed by atoms with Crippen LogP contribution < -0.4 is 4.90 Å². The number of carboxylic acids is 1. The molecule has 0 unspecified atom stereocenters. The van der Waals surface area contributed by atoms with Crippen molar-refractivity contribution in [3.05, 3.63) is 24.5 Å². The summed E-state index contributed by atoms with van der Waals surface area (Å²) >= 11 is 0. The van der Waals surface area contributed by atoms with Crippen molar-refractivity contribution < 1.29 is 19.4 Å². The zero-order valence-corrected chi connectivity index (χ0v) is 15.4. The second-order valence-electron chi connectivity index (χ2n) is 6.35. The Hall–Kier alpha value is -2.06. The first-order valence-corrected chi connectivity index (χ1v) is 8.65. The quantitative estimate of drug-likeness (QED) is 0.842. The Morgan fingerprint density at radius 2 is 1.62 bits per heavy atom. The maximum Gasteiger partial charge on any atom is 0.329 e. The Balaban J connectivity index is 0.00000243. The van der Waals surface area contributed by atoms with E-state index in [1.54, 1.807) is 12.4 Å².